The minimum Gasteiger partial charge on any atom is -0.399 e. The number of Topliss-reactive ketones (excluding diaryl/α,β-unsaturated/α-hetero) is 1. The van der Waals surface area contributed by atoms with E-state index in [4.69, 9.17) is 5.73 Å². The van der Waals surface area contributed by atoms with Crippen LogP contribution in [0.3, 0.4) is 0 Å². The summed E-state index contributed by atoms with van der Waals surface area (Å²) in [6, 6.07) is 7.16. The SMILES string of the molecule is CC1CCc2nc(CC(=O)c3cccc(N)c3)sc2C1. The average molecular weight is 286 g/mol. The Balaban J connectivity index is 1.77. The number of aromatic nitrogens is 1. The van der Waals surface area contributed by atoms with E-state index < -0.39 is 0 Å². The van der Waals surface area contributed by atoms with Crippen LogP contribution in [-0.2, 0) is 19.3 Å². The summed E-state index contributed by atoms with van der Waals surface area (Å²) < 4.78 is 0. The number of benzene rings is 1. The Morgan fingerprint density at radius 3 is 3.15 bits per heavy atom. The van der Waals surface area contributed by atoms with Crippen molar-refractivity contribution in [1.82, 2.24) is 4.98 Å². The van der Waals surface area contributed by atoms with E-state index >= 15 is 0 Å². The number of hydrogen-bond donors (Lipinski definition) is 1. The molecule has 1 aliphatic carbocycles. The molecule has 2 aromatic rings. The fraction of sp³-hybridized carbons (Fsp3) is 0.375. The van der Waals surface area contributed by atoms with Crippen LogP contribution in [0, 0.1) is 5.92 Å². The Kier molecular flexibility index (Phi) is 3.57. The zero-order valence-corrected chi connectivity index (χ0v) is 12.4. The molecule has 3 rings (SSSR count). The van der Waals surface area contributed by atoms with Crippen LogP contribution in [0.1, 0.15) is 39.3 Å². The highest BCUT2D eigenvalue weighted by molar-refractivity contribution is 7.11. The van der Waals surface area contributed by atoms with Crippen molar-refractivity contribution in [3.63, 3.8) is 0 Å². The predicted octanol–water partition coefficient (Wildman–Crippen LogP) is 3.28. The van der Waals surface area contributed by atoms with Crippen molar-refractivity contribution in [2.75, 3.05) is 5.73 Å². The molecule has 1 aromatic carbocycles. The molecule has 3 nitrogen and oxygen atoms in total. The lowest BCUT2D eigenvalue weighted by Gasteiger charge is -2.15. The van der Waals surface area contributed by atoms with Gasteiger partial charge >= 0.3 is 0 Å². The highest BCUT2D eigenvalue weighted by atomic mass is 32.1. The van der Waals surface area contributed by atoms with Crippen molar-refractivity contribution in [3.05, 3.63) is 45.4 Å². The number of thiazole rings is 1. The minimum absolute atomic E-state index is 0.0939. The van der Waals surface area contributed by atoms with Crippen LogP contribution in [0.15, 0.2) is 24.3 Å². The first-order chi connectivity index (χ1) is 9.61. The van der Waals surface area contributed by atoms with Gasteiger partial charge in [0.05, 0.1) is 12.1 Å². The van der Waals surface area contributed by atoms with Crippen LogP contribution < -0.4 is 5.73 Å². The number of nitrogens with two attached hydrogens (primary N) is 1. The molecule has 0 fully saturated rings. The first-order valence-electron chi connectivity index (χ1n) is 6.98. The van der Waals surface area contributed by atoms with E-state index in [0.29, 0.717) is 17.7 Å². The molecule has 0 radical (unpaired) electrons. The molecule has 1 atom stereocenters. The van der Waals surface area contributed by atoms with Gasteiger partial charge in [-0.05, 0) is 37.3 Å². The fourth-order valence-corrected chi connectivity index (χ4v) is 3.90. The molecule has 1 heterocycles. The summed E-state index contributed by atoms with van der Waals surface area (Å²) in [6.07, 6.45) is 3.76. The summed E-state index contributed by atoms with van der Waals surface area (Å²) in [5.74, 6) is 0.830. The molecular formula is C16H18N2OS. The van der Waals surface area contributed by atoms with E-state index in [-0.39, 0.29) is 5.78 Å². The summed E-state index contributed by atoms with van der Waals surface area (Å²) in [5.41, 5.74) is 8.23. The van der Waals surface area contributed by atoms with Crippen LogP contribution in [-0.4, -0.2) is 10.8 Å². The lowest BCUT2D eigenvalue weighted by Crippen LogP contribution is -2.09. The average Bonchev–Trinajstić information content (AvgIpc) is 2.80. The van der Waals surface area contributed by atoms with Crippen LogP contribution in [0.5, 0.6) is 0 Å². The first kappa shape index (κ1) is 13.3. The molecule has 0 amide bonds. The molecule has 1 aliphatic rings. The normalized spacial score (nSPS) is 17.8. The Morgan fingerprint density at radius 1 is 1.50 bits per heavy atom. The maximum Gasteiger partial charge on any atom is 0.169 e. The summed E-state index contributed by atoms with van der Waals surface area (Å²) in [7, 11) is 0. The standard InChI is InChI=1S/C16H18N2OS/c1-10-5-6-13-15(7-10)20-16(18-13)9-14(19)11-3-2-4-12(17)8-11/h2-4,8,10H,5-7,9,17H2,1H3. The fourth-order valence-electron chi connectivity index (χ4n) is 2.62. The number of rotatable bonds is 3. The number of carbonyl (C=O) groups excluding carboxylic acids is 1. The molecule has 1 aromatic heterocycles. The number of aryl methyl sites for hydroxylation is 1. The maximum atomic E-state index is 12.3. The van der Waals surface area contributed by atoms with Gasteiger partial charge in [-0.2, -0.15) is 0 Å². The number of nitrogen functional groups attached to an aromatic ring is 1. The van der Waals surface area contributed by atoms with E-state index in [1.807, 2.05) is 12.1 Å². The second-order valence-electron chi connectivity index (χ2n) is 5.55. The number of carbonyl (C=O) groups is 1. The van der Waals surface area contributed by atoms with Crippen LogP contribution >= 0.6 is 11.3 Å². The molecule has 0 bridgehead atoms. The Morgan fingerprint density at radius 2 is 2.35 bits per heavy atom. The first-order valence-corrected chi connectivity index (χ1v) is 7.79. The van der Waals surface area contributed by atoms with Gasteiger partial charge in [0.1, 0.15) is 5.01 Å². The summed E-state index contributed by atoms with van der Waals surface area (Å²) in [5, 5.41) is 0.941. The molecule has 4 heteroatoms. The topological polar surface area (TPSA) is 56.0 Å². The Labute approximate surface area is 122 Å². The molecule has 0 spiro atoms. The van der Waals surface area contributed by atoms with E-state index in [0.717, 1.165) is 23.8 Å². The maximum absolute atomic E-state index is 12.3. The summed E-state index contributed by atoms with van der Waals surface area (Å²) in [4.78, 5) is 18.3. The summed E-state index contributed by atoms with van der Waals surface area (Å²) in [6.45, 7) is 2.28. The van der Waals surface area contributed by atoms with Gasteiger partial charge in [-0.1, -0.05) is 19.1 Å². The second-order valence-corrected chi connectivity index (χ2v) is 6.72. The summed E-state index contributed by atoms with van der Waals surface area (Å²) >= 11 is 1.70. The van der Waals surface area contributed by atoms with Gasteiger partial charge in [0.2, 0.25) is 0 Å². The Hall–Kier alpha value is -1.68. The number of ketones is 1. The smallest absolute Gasteiger partial charge is 0.169 e. The van der Waals surface area contributed by atoms with Gasteiger partial charge in [0.15, 0.2) is 5.78 Å². The zero-order valence-electron chi connectivity index (χ0n) is 11.6. The van der Waals surface area contributed by atoms with E-state index in [1.165, 1.54) is 17.0 Å². The van der Waals surface area contributed by atoms with Gasteiger partial charge in [-0.3, -0.25) is 4.79 Å². The van der Waals surface area contributed by atoms with Crippen molar-refractivity contribution in [2.24, 2.45) is 5.92 Å². The van der Waals surface area contributed by atoms with Gasteiger partial charge in [-0.25, -0.2) is 4.98 Å². The van der Waals surface area contributed by atoms with Gasteiger partial charge < -0.3 is 5.73 Å². The minimum atomic E-state index is 0.0939. The highest BCUT2D eigenvalue weighted by Crippen LogP contribution is 2.30. The third kappa shape index (κ3) is 2.75. The van der Waals surface area contributed by atoms with Gasteiger partial charge in [-0.15, -0.1) is 11.3 Å². The number of hydrogen-bond acceptors (Lipinski definition) is 4. The lowest BCUT2D eigenvalue weighted by atomic mass is 9.93. The Bertz CT molecular complexity index is 648. The van der Waals surface area contributed by atoms with Gasteiger partial charge in [0, 0.05) is 16.1 Å². The van der Waals surface area contributed by atoms with E-state index in [1.54, 1.807) is 23.5 Å². The quantitative estimate of drug-likeness (QED) is 0.696. The number of anilines is 1. The monoisotopic (exact) mass is 286 g/mol. The van der Waals surface area contributed by atoms with Crippen molar-refractivity contribution in [2.45, 2.75) is 32.6 Å². The largest absolute Gasteiger partial charge is 0.399 e. The molecule has 0 saturated heterocycles. The lowest BCUT2D eigenvalue weighted by molar-refractivity contribution is 0.0993. The van der Waals surface area contributed by atoms with Crippen LogP contribution in [0.2, 0.25) is 0 Å². The third-order valence-electron chi connectivity index (χ3n) is 3.75. The molecule has 104 valence electrons. The second kappa shape index (κ2) is 5.37. The molecular weight excluding hydrogens is 268 g/mol. The van der Waals surface area contributed by atoms with E-state index in [9.17, 15) is 4.79 Å². The van der Waals surface area contributed by atoms with Crippen molar-refractivity contribution >= 4 is 22.8 Å². The third-order valence-corrected chi connectivity index (χ3v) is 4.87. The number of fused-ring (bicyclic) bond motifs is 1. The molecule has 0 saturated carbocycles. The van der Waals surface area contributed by atoms with Crippen molar-refractivity contribution < 1.29 is 4.79 Å². The van der Waals surface area contributed by atoms with E-state index in [2.05, 4.69) is 11.9 Å². The predicted molar refractivity (Wildman–Crippen MR) is 82.2 cm³/mol. The molecule has 2 N–H and O–H groups in total. The van der Waals surface area contributed by atoms with Crippen LogP contribution in [0.25, 0.3) is 0 Å². The molecule has 1 unspecified atom stereocenters. The van der Waals surface area contributed by atoms with Crippen LogP contribution in [0.4, 0.5) is 5.69 Å². The zero-order chi connectivity index (χ0) is 14.1. The van der Waals surface area contributed by atoms with Crippen molar-refractivity contribution in [3.8, 4) is 0 Å². The van der Waals surface area contributed by atoms with Crippen molar-refractivity contribution in [1.29, 1.82) is 0 Å². The molecule has 20 heavy (non-hydrogen) atoms. The molecule has 0 aliphatic heterocycles. The highest BCUT2D eigenvalue weighted by Gasteiger charge is 2.20. The number of nitrogens with zero attached hydrogens (tertiary/aromatic N) is 1. The van der Waals surface area contributed by atoms with Gasteiger partial charge in [0.25, 0.3) is 0 Å².